The SMILES string of the molecule is Cc1c(N)c(C)c([B-](F)(F)F)c(C)c1CS. The second-order valence-electron chi connectivity index (χ2n) is 3.91. The molecule has 0 unspecified atom stereocenters. The van der Waals surface area contributed by atoms with Crippen molar-refractivity contribution in [2.75, 3.05) is 5.73 Å². The highest BCUT2D eigenvalue weighted by atomic mass is 32.1. The van der Waals surface area contributed by atoms with Gasteiger partial charge in [0.1, 0.15) is 0 Å². The van der Waals surface area contributed by atoms with Gasteiger partial charge in [-0.25, -0.2) is 0 Å². The van der Waals surface area contributed by atoms with Crippen LogP contribution in [0.3, 0.4) is 0 Å². The van der Waals surface area contributed by atoms with Crippen LogP contribution in [0.25, 0.3) is 0 Å². The van der Waals surface area contributed by atoms with E-state index >= 15 is 0 Å². The monoisotopic (exact) mass is 248 g/mol. The number of nitrogen functional groups attached to an aromatic ring is 1. The van der Waals surface area contributed by atoms with Crippen LogP contribution >= 0.6 is 12.6 Å². The minimum atomic E-state index is -5.03. The van der Waals surface area contributed by atoms with Crippen molar-refractivity contribution in [1.29, 1.82) is 0 Å². The van der Waals surface area contributed by atoms with Crippen molar-refractivity contribution in [2.45, 2.75) is 26.5 Å². The van der Waals surface area contributed by atoms with Crippen molar-refractivity contribution in [2.24, 2.45) is 0 Å². The molecule has 0 aliphatic rings. The predicted octanol–water partition coefficient (Wildman–Crippen LogP) is 2.68. The lowest BCUT2D eigenvalue weighted by molar-refractivity contribution is 0.500. The Bertz CT molecular complexity index is 429. The topological polar surface area (TPSA) is 26.0 Å². The third-order valence-electron chi connectivity index (χ3n) is 3.01. The zero-order chi connectivity index (χ0) is 12.7. The van der Waals surface area contributed by atoms with E-state index in [9.17, 15) is 12.9 Å². The lowest BCUT2D eigenvalue weighted by Crippen LogP contribution is -2.39. The summed E-state index contributed by atoms with van der Waals surface area (Å²) in [4.78, 5) is 0. The van der Waals surface area contributed by atoms with Crippen LogP contribution in [-0.4, -0.2) is 6.98 Å². The number of hydrogen-bond donors (Lipinski definition) is 2. The highest BCUT2D eigenvalue weighted by Gasteiger charge is 2.31. The van der Waals surface area contributed by atoms with Gasteiger partial charge in [0.15, 0.2) is 0 Å². The molecule has 90 valence electrons. The van der Waals surface area contributed by atoms with Gasteiger partial charge in [-0.1, -0.05) is 11.1 Å². The Kier molecular flexibility index (Phi) is 3.52. The maximum Gasteiger partial charge on any atom is 0.510 e. The molecule has 0 bridgehead atoms. The van der Waals surface area contributed by atoms with E-state index in [0.717, 1.165) is 0 Å². The first-order valence-corrected chi connectivity index (χ1v) is 5.53. The Labute approximate surface area is 98.7 Å². The van der Waals surface area contributed by atoms with E-state index < -0.39 is 12.4 Å². The first-order valence-electron chi connectivity index (χ1n) is 4.90. The molecule has 0 saturated carbocycles. The van der Waals surface area contributed by atoms with Crippen LogP contribution in [0.4, 0.5) is 18.6 Å². The molecule has 0 aromatic heterocycles. The van der Waals surface area contributed by atoms with Gasteiger partial charge in [-0.3, -0.25) is 0 Å². The zero-order valence-corrected chi connectivity index (χ0v) is 10.3. The van der Waals surface area contributed by atoms with E-state index in [0.29, 0.717) is 11.1 Å². The van der Waals surface area contributed by atoms with Crippen LogP contribution in [0.5, 0.6) is 0 Å². The number of hydrogen-bond acceptors (Lipinski definition) is 2. The average molecular weight is 248 g/mol. The molecule has 0 spiro atoms. The summed E-state index contributed by atoms with van der Waals surface area (Å²) in [6.45, 7) is -0.399. The van der Waals surface area contributed by atoms with Gasteiger partial charge in [-0.05, 0) is 31.9 Å². The molecule has 1 aromatic carbocycles. The van der Waals surface area contributed by atoms with Crippen LogP contribution in [0.1, 0.15) is 22.3 Å². The largest absolute Gasteiger partial charge is 0.510 e. The van der Waals surface area contributed by atoms with Gasteiger partial charge in [0.05, 0.1) is 0 Å². The van der Waals surface area contributed by atoms with Gasteiger partial charge in [0.2, 0.25) is 0 Å². The second-order valence-corrected chi connectivity index (χ2v) is 4.23. The summed E-state index contributed by atoms with van der Waals surface area (Å²) in [7, 11) is 0. The van der Waals surface area contributed by atoms with Crippen molar-refractivity contribution < 1.29 is 12.9 Å². The lowest BCUT2D eigenvalue weighted by atomic mass is 9.71. The van der Waals surface area contributed by atoms with Crippen molar-refractivity contribution in [1.82, 2.24) is 0 Å². The first-order chi connectivity index (χ1) is 7.21. The molecule has 1 rings (SSSR count). The van der Waals surface area contributed by atoms with Gasteiger partial charge >= 0.3 is 6.98 Å². The molecular weight excluding hydrogens is 234 g/mol. The Morgan fingerprint density at radius 3 is 1.94 bits per heavy atom. The Morgan fingerprint density at radius 1 is 1.06 bits per heavy atom. The summed E-state index contributed by atoms with van der Waals surface area (Å²) >= 11 is 4.06. The second kappa shape index (κ2) is 4.24. The molecule has 1 aromatic rings. The van der Waals surface area contributed by atoms with Crippen molar-refractivity contribution in [3.8, 4) is 0 Å². The fourth-order valence-electron chi connectivity index (χ4n) is 2.04. The lowest BCUT2D eigenvalue weighted by Gasteiger charge is -2.26. The minimum Gasteiger partial charge on any atom is -0.445 e. The van der Waals surface area contributed by atoms with E-state index in [2.05, 4.69) is 12.6 Å². The van der Waals surface area contributed by atoms with Crippen LogP contribution in [0, 0.1) is 20.8 Å². The van der Waals surface area contributed by atoms with Crippen molar-refractivity contribution >= 4 is 30.8 Å². The number of rotatable bonds is 2. The molecule has 0 aliphatic carbocycles. The quantitative estimate of drug-likeness (QED) is 0.469. The maximum atomic E-state index is 12.9. The summed E-state index contributed by atoms with van der Waals surface area (Å²) in [5.74, 6) is 0.265. The Balaban J connectivity index is 3.69. The molecule has 0 heterocycles. The van der Waals surface area contributed by atoms with Gasteiger partial charge in [0, 0.05) is 11.4 Å². The molecular formula is C10H14BF3NS-. The van der Waals surface area contributed by atoms with Crippen LogP contribution in [0.15, 0.2) is 0 Å². The highest BCUT2D eigenvalue weighted by Crippen LogP contribution is 2.27. The first kappa shape index (κ1) is 13.3. The van der Waals surface area contributed by atoms with Gasteiger partial charge in [0.25, 0.3) is 0 Å². The molecule has 0 atom stereocenters. The molecule has 16 heavy (non-hydrogen) atoms. The summed E-state index contributed by atoms with van der Waals surface area (Å²) < 4.78 is 38.8. The van der Waals surface area contributed by atoms with E-state index in [1.807, 2.05) is 0 Å². The summed E-state index contributed by atoms with van der Waals surface area (Å²) in [6, 6.07) is 0. The number of benzene rings is 1. The summed E-state index contributed by atoms with van der Waals surface area (Å²) in [5, 5.41) is 0. The normalized spacial score (nSPS) is 11.9. The Hall–Kier alpha value is -0.775. The predicted molar refractivity (Wildman–Crippen MR) is 66.5 cm³/mol. The molecule has 1 nitrogen and oxygen atoms in total. The third-order valence-corrected chi connectivity index (χ3v) is 3.32. The van der Waals surface area contributed by atoms with Gasteiger partial charge < -0.3 is 18.7 Å². The number of thiol groups is 1. The summed E-state index contributed by atoms with van der Waals surface area (Å²) in [6.07, 6.45) is 0. The van der Waals surface area contributed by atoms with Crippen LogP contribution in [-0.2, 0) is 5.75 Å². The van der Waals surface area contributed by atoms with Crippen LogP contribution in [0.2, 0.25) is 0 Å². The molecule has 6 heteroatoms. The van der Waals surface area contributed by atoms with Crippen molar-refractivity contribution in [3.05, 3.63) is 22.3 Å². The average Bonchev–Trinajstić information content (AvgIpc) is 2.13. The minimum absolute atomic E-state index is 0.132. The van der Waals surface area contributed by atoms with E-state index in [-0.39, 0.29) is 22.6 Å². The number of halogens is 3. The third kappa shape index (κ3) is 2.03. The highest BCUT2D eigenvalue weighted by molar-refractivity contribution is 7.79. The molecule has 0 radical (unpaired) electrons. The smallest absolute Gasteiger partial charge is 0.445 e. The molecule has 0 saturated heterocycles. The maximum absolute atomic E-state index is 12.9. The fraction of sp³-hybridized carbons (Fsp3) is 0.400. The summed E-state index contributed by atoms with van der Waals surface area (Å²) in [5.41, 5.74) is 7.04. The molecule has 2 N–H and O–H groups in total. The van der Waals surface area contributed by atoms with E-state index in [1.165, 1.54) is 13.8 Å². The van der Waals surface area contributed by atoms with Gasteiger partial charge in [-0.15, -0.1) is 5.46 Å². The zero-order valence-electron chi connectivity index (χ0n) is 9.44. The van der Waals surface area contributed by atoms with E-state index in [4.69, 9.17) is 5.73 Å². The number of anilines is 1. The van der Waals surface area contributed by atoms with Crippen molar-refractivity contribution in [3.63, 3.8) is 0 Å². The molecule has 0 aliphatic heterocycles. The van der Waals surface area contributed by atoms with E-state index in [1.54, 1.807) is 6.92 Å². The Morgan fingerprint density at radius 2 is 1.56 bits per heavy atom. The standard InChI is InChI=1S/C10H14BF3NS/c1-5-8(4-16)6(2)10(15)7(3)9(5)11(12,13)14/h16H,4,15H2,1-3H3/q-1. The molecule has 0 amide bonds. The fourth-order valence-corrected chi connectivity index (χ4v) is 2.52. The number of nitrogens with two attached hydrogens (primary N) is 1. The van der Waals surface area contributed by atoms with Gasteiger partial charge in [-0.2, -0.15) is 12.6 Å². The van der Waals surface area contributed by atoms with Crippen LogP contribution < -0.4 is 11.2 Å². The molecule has 0 fully saturated rings.